The number of hydrogen-bond acceptors (Lipinski definition) is 3. The van der Waals surface area contributed by atoms with Crippen molar-refractivity contribution in [2.24, 2.45) is 0 Å². The molecule has 3 heteroatoms. The summed E-state index contributed by atoms with van der Waals surface area (Å²) in [6.07, 6.45) is 6.96. The number of benzene rings is 1. The Morgan fingerprint density at radius 2 is 2.30 bits per heavy atom. The Morgan fingerprint density at radius 1 is 1.35 bits per heavy atom. The first kappa shape index (κ1) is 13.5. The molecule has 1 saturated heterocycles. The second-order valence-corrected chi connectivity index (χ2v) is 5.52. The Bertz CT molecular complexity index is 564. The zero-order valence-corrected chi connectivity index (χ0v) is 12.0. The largest absolute Gasteiger partial charge is 0.378 e. The molecule has 1 aromatic carbocycles. The number of fused-ring (bicyclic) bond motifs is 1. The molecule has 0 spiro atoms. The highest BCUT2D eigenvalue weighted by Crippen LogP contribution is 2.26. The standard InChI is InChI=1S/C17H22N2O/c1-18-16(12-15-6-2-3-10-20-15)14-8-7-13-5-4-9-19-17(13)11-14/h4-5,7-9,11,15-16,18H,2-3,6,10,12H2,1H3. The highest BCUT2D eigenvalue weighted by atomic mass is 16.5. The van der Waals surface area contributed by atoms with Crippen molar-refractivity contribution >= 4 is 10.9 Å². The maximum absolute atomic E-state index is 5.86. The molecule has 0 saturated carbocycles. The molecule has 106 valence electrons. The van der Waals surface area contributed by atoms with Crippen molar-refractivity contribution < 1.29 is 4.74 Å². The van der Waals surface area contributed by atoms with E-state index in [-0.39, 0.29) is 0 Å². The summed E-state index contributed by atoms with van der Waals surface area (Å²) < 4.78 is 5.86. The van der Waals surface area contributed by atoms with Gasteiger partial charge < -0.3 is 10.1 Å². The monoisotopic (exact) mass is 270 g/mol. The average molecular weight is 270 g/mol. The van der Waals surface area contributed by atoms with E-state index >= 15 is 0 Å². The number of rotatable bonds is 4. The molecule has 1 aliphatic rings. The van der Waals surface area contributed by atoms with Gasteiger partial charge >= 0.3 is 0 Å². The van der Waals surface area contributed by atoms with Crippen LogP contribution in [0.15, 0.2) is 36.5 Å². The number of nitrogens with one attached hydrogen (secondary N) is 1. The van der Waals surface area contributed by atoms with E-state index in [1.165, 1.54) is 30.2 Å². The van der Waals surface area contributed by atoms with Gasteiger partial charge in [0.05, 0.1) is 11.6 Å². The Hall–Kier alpha value is -1.45. The van der Waals surface area contributed by atoms with Crippen LogP contribution in [0.5, 0.6) is 0 Å². The lowest BCUT2D eigenvalue weighted by atomic mass is 9.96. The lowest BCUT2D eigenvalue weighted by molar-refractivity contribution is 0.00549. The second kappa shape index (κ2) is 6.33. The van der Waals surface area contributed by atoms with Crippen LogP contribution < -0.4 is 5.32 Å². The van der Waals surface area contributed by atoms with Crippen molar-refractivity contribution in [3.8, 4) is 0 Å². The van der Waals surface area contributed by atoms with Crippen molar-refractivity contribution in [3.05, 3.63) is 42.1 Å². The number of ether oxygens (including phenoxy) is 1. The van der Waals surface area contributed by atoms with E-state index in [2.05, 4.69) is 34.6 Å². The molecular weight excluding hydrogens is 248 g/mol. The third kappa shape index (κ3) is 3.00. The molecule has 3 nitrogen and oxygen atoms in total. The topological polar surface area (TPSA) is 34.1 Å². The average Bonchev–Trinajstić information content (AvgIpc) is 2.53. The Labute approximate surface area is 120 Å². The first-order valence-electron chi connectivity index (χ1n) is 7.50. The van der Waals surface area contributed by atoms with Crippen molar-refractivity contribution in [3.63, 3.8) is 0 Å². The Morgan fingerprint density at radius 3 is 3.10 bits per heavy atom. The lowest BCUT2D eigenvalue weighted by Gasteiger charge is -2.27. The van der Waals surface area contributed by atoms with Gasteiger partial charge in [0.1, 0.15) is 0 Å². The Kier molecular flexibility index (Phi) is 4.28. The SMILES string of the molecule is CNC(CC1CCCCO1)c1ccc2cccnc2c1. The van der Waals surface area contributed by atoms with Gasteiger partial charge in [-0.3, -0.25) is 4.98 Å². The van der Waals surface area contributed by atoms with Crippen molar-refractivity contribution in [2.75, 3.05) is 13.7 Å². The minimum atomic E-state index is 0.338. The molecule has 0 amide bonds. The minimum Gasteiger partial charge on any atom is -0.378 e. The predicted octanol–water partition coefficient (Wildman–Crippen LogP) is 3.45. The van der Waals surface area contributed by atoms with Gasteiger partial charge in [-0.15, -0.1) is 0 Å². The van der Waals surface area contributed by atoms with Gasteiger partial charge in [0.2, 0.25) is 0 Å². The summed E-state index contributed by atoms with van der Waals surface area (Å²) in [6.45, 7) is 0.917. The molecule has 2 aromatic rings. The predicted molar refractivity (Wildman–Crippen MR) is 81.8 cm³/mol. The quantitative estimate of drug-likeness (QED) is 0.924. The lowest BCUT2D eigenvalue weighted by Crippen LogP contribution is -2.26. The fourth-order valence-corrected chi connectivity index (χ4v) is 2.98. The van der Waals surface area contributed by atoms with E-state index in [1.54, 1.807) is 0 Å². The summed E-state index contributed by atoms with van der Waals surface area (Å²) in [5, 5.41) is 4.62. The number of pyridine rings is 1. The molecule has 3 rings (SSSR count). The summed E-state index contributed by atoms with van der Waals surface area (Å²) in [6, 6.07) is 11.0. The van der Waals surface area contributed by atoms with Crippen molar-refractivity contribution in [1.82, 2.24) is 10.3 Å². The third-order valence-corrected chi connectivity index (χ3v) is 4.15. The van der Waals surface area contributed by atoms with Gasteiger partial charge in [0.25, 0.3) is 0 Å². The molecule has 0 bridgehead atoms. The summed E-state index contributed by atoms with van der Waals surface area (Å²) >= 11 is 0. The van der Waals surface area contributed by atoms with Crippen LogP contribution in [-0.2, 0) is 4.74 Å². The maximum Gasteiger partial charge on any atom is 0.0705 e. The number of nitrogens with zero attached hydrogens (tertiary/aromatic N) is 1. The van der Waals surface area contributed by atoms with Crippen LogP contribution in [0.25, 0.3) is 10.9 Å². The fourth-order valence-electron chi connectivity index (χ4n) is 2.98. The molecule has 1 N–H and O–H groups in total. The molecule has 1 aliphatic heterocycles. The van der Waals surface area contributed by atoms with Gasteiger partial charge in [0, 0.05) is 24.2 Å². The fraction of sp³-hybridized carbons (Fsp3) is 0.471. The molecule has 1 aromatic heterocycles. The molecular formula is C17H22N2O. The summed E-state index contributed by atoms with van der Waals surface area (Å²) in [5.74, 6) is 0. The summed E-state index contributed by atoms with van der Waals surface area (Å²) in [7, 11) is 2.02. The van der Waals surface area contributed by atoms with Crippen LogP contribution in [0, 0.1) is 0 Å². The van der Waals surface area contributed by atoms with E-state index in [4.69, 9.17) is 4.74 Å². The number of hydrogen-bond donors (Lipinski definition) is 1. The first-order chi connectivity index (χ1) is 9.86. The third-order valence-electron chi connectivity index (χ3n) is 4.15. The maximum atomic E-state index is 5.86. The molecule has 1 fully saturated rings. The van der Waals surface area contributed by atoms with Crippen LogP contribution in [0.3, 0.4) is 0 Å². The summed E-state index contributed by atoms with van der Waals surface area (Å²) in [5.41, 5.74) is 2.36. The smallest absolute Gasteiger partial charge is 0.0705 e. The molecule has 20 heavy (non-hydrogen) atoms. The Balaban J connectivity index is 1.79. The molecule has 2 atom stereocenters. The summed E-state index contributed by atoms with van der Waals surface area (Å²) in [4.78, 5) is 4.45. The molecule has 0 aliphatic carbocycles. The van der Waals surface area contributed by atoms with Crippen LogP contribution in [0.2, 0.25) is 0 Å². The van der Waals surface area contributed by atoms with E-state index < -0.39 is 0 Å². The van der Waals surface area contributed by atoms with Gasteiger partial charge in [-0.1, -0.05) is 18.2 Å². The van der Waals surface area contributed by atoms with E-state index in [0.29, 0.717) is 12.1 Å². The van der Waals surface area contributed by atoms with Crippen LogP contribution >= 0.6 is 0 Å². The molecule has 0 radical (unpaired) electrons. The highest BCUT2D eigenvalue weighted by Gasteiger charge is 2.20. The highest BCUT2D eigenvalue weighted by molar-refractivity contribution is 5.78. The van der Waals surface area contributed by atoms with Crippen LogP contribution in [0.1, 0.15) is 37.3 Å². The number of aromatic nitrogens is 1. The second-order valence-electron chi connectivity index (χ2n) is 5.52. The van der Waals surface area contributed by atoms with Crippen molar-refractivity contribution in [1.29, 1.82) is 0 Å². The van der Waals surface area contributed by atoms with Gasteiger partial charge in [-0.25, -0.2) is 0 Å². The van der Waals surface area contributed by atoms with Gasteiger partial charge in [-0.2, -0.15) is 0 Å². The zero-order chi connectivity index (χ0) is 13.8. The van der Waals surface area contributed by atoms with Gasteiger partial charge in [0.15, 0.2) is 0 Å². The zero-order valence-electron chi connectivity index (χ0n) is 12.0. The van der Waals surface area contributed by atoms with Crippen LogP contribution in [0.4, 0.5) is 0 Å². The molecule has 2 unspecified atom stereocenters. The van der Waals surface area contributed by atoms with Crippen molar-refractivity contribution in [2.45, 2.75) is 37.8 Å². The van der Waals surface area contributed by atoms with E-state index in [0.717, 1.165) is 18.5 Å². The van der Waals surface area contributed by atoms with E-state index in [1.807, 2.05) is 19.3 Å². The van der Waals surface area contributed by atoms with Gasteiger partial charge in [-0.05, 0) is 50.4 Å². The normalized spacial score (nSPS) is 20.9. The first-order valence-corrected chi connectivity index (χ1v) is 7.50. The minimum absolute atomic E-state index is 0.338. The molecule has 2 heterocycles. The van der Waals surface area contributed by atoms with Crippen LogP contribution in [-0.4, -0.2) is 24.7 Å². The van der Waals surface area contributed by atoms with E-state index in [9.17, 15) is 0 Å².